The lowest BCUT2D eigenvalue weighted by molar-refractivity contribution is -0.232. The summed E-state index contributed by atoms with van der Waals surface area (Å²) in [6.45, 7) is -1.62. The predicted molar refractivity (Wildman–Crippen MR) is 138 cm³/mol. The first kappa shape index (κ1) is 30.1. The predicted octanol–water partition coefficient (Wildman–Crippen LogP) is -2.39. The Morgan fingerprint density at radius 2 is 1.17 bits per heavy atom. The molecule has 0 radical (unpaired) electrons. The Morgan fingerprint density at radius 1 is 0.667 bits per heavy atom. The van der Waals surface area contributed by atoms with Crippen LogP contribution in [0.5, 0.6) is 17.2 Å². The van der Waals surface area contributed by atoms with Gasteiger partial charge in [-0.15, -0.1) is 0 Å². The van der Waals surface area contributed by atoms with Crippen molar-refractivity contribution in [3.05, 3.63) is 51.7 Å². The second-order valence-corrected chi connectivity index (χ2v) is 10.3. The molecule has 10 atom stereocenters. The Bertz CT molecular complexity index is 1500. The van der Waals surface area contributed by atoms with Crippen molar-refractivity contribution in [1.29, 1.82) is 0 Å². The SMILES string of the molecule is O=c1c([C@@H]2O[C@H](CO)[C@@H](O)[C@H](O)[C@H]2O)c(-c2ccc(O)cc2)oc2cc(O)c([C@@H]3O[C@H](CO)[C@@H](O)[C@H](O)[C@H]3O)c(O)c12. The molecule has 5 rings (SSSR count). The maximum absolute atomic E-state index is 14.1. The summed E-state index contributed by atoms with van der Waals surface area (Å²) in [5.74, 6) is -2.16. The van der Waals surface area contributed by atoms with E-state index in [0.29, 0.717) is 0 Å². The Balaban J connectivity index is 1.77. The summed E-state index contributed by atoms with van der Waals surface area (Å²) < 4.78 is 17.0. The number of ether oxygens (including phenoxy) is 2. The van der Waals surface area contributed by atoms with Gasteiger partial charge >= 0.3 is 0 Å². The van der Waals surface area contributed by atoms with Gasteiger partial charge in [0.25, 0.3) is 0 Å². The van der Waals surface area contributed by atoms with Gasteiger partial charge in [-0.3, -0.25) is 4.79 Å². The lowest BCUT2D eigenvalue weighted by atomic mass is 9.87. The van der Waals surface area contributed by atoms with Crippen LogP contribution >= 0.6 is 0 Å². The smallest absolute Gasteiger partial charge is 0.203 e. The minimum absolute atomic E-state index is 0.143. The van der Waals surface area contributed by atoms with E-state index in [1.807, 2.05) is 0 Å². The fraction of sp³-hybridized carbons (Fsp3) is 0.444. The number of rotatable bonds is 5. The van der Waals surface area contributed by atoms with Crippen molar-refractivity contribution >= 4 is 11.0 Å². The zero-order valence-electron chi connectivity index (χ0n) is 21.6. The van der Waals surface area contributed by atoms with Gasteiger partial charge in [0, 0.05) is 11.6 Å². The highest BCUT2D eigenvalue weighted by Crippen LogP contribution is 2.46. The first-order chi connectivity index (χ1) is 19.9. The summed E-state index contributed by atoms with van der Waals surface area (Å²) in [6, 6.07) is 6.11. The molecule has 0 amide bonds. The number of benzene rings is 2. The fourth-order valence-electron chi connectivity index (χ4n) is 5.40. The van der Waals surface area contributed by atoms with Crippen LogP contribution in [0, 0.1) is 0 Å². The van der Waals surface area contributed by atoms with Crippen molar-refractivity contribution < 1.29 is 70.1 Å². The molecule has 42 heavy (non-hydrogen) atoms. The maximum Gasteiger partial charge on any atom is 0.203 e. The molecule has 1 aromatic heterocycles. The van der Waals surface area contributed by atoms with Gasteiger partial charge in [-0.05, 0) is 24.3 Å². The quantitative estimate of drug-likeness (QED) is 0.147. The van der Waals surface area contributed by atoms with E-state index in [2.05, 4.69) is 0 Å². The normalized spacial score (nSPS) is 33.6. The van der Waals surface area contributed by atoms with E-state index < -0.39 is 113 Å². The van der Waals surface area contributed by atoms with Gasteiger partial charge in [0.2, 0.25) is 5.43 Å². The number of hydrogen-bond donors (Lipinski definition) is 11. The molecule has 2 aliphatic rings. The van der Waals surface area contributed by atoms with Crippen LogP contribution in [0.2, 0.25) is 0 Å². The van der Waals surface area contributed by atoms with Gasteiger partial charge in [-0.1, -0.05) is 0 Å². The van der Waals surface area contributed by atoms with Crippen LogP contribution < -0.4 is 5.43 Å². The molecule has 2 fully saturated rings. The highest BCUT2D eigenvalue weighted by molar-refractivity contribution is 5.89. The molecule has 2 saturated heterocycles. The third kappa shape index (κ3) is 4.79. The van der Waals surface area contributed by atoms with E-state index in [9.17, 15) is 61.0 Å². The second kappa shape index (κ2) is 11.4. The molecular formula is C27H30O15. The highest BCUT2D eigenvalue weighted by atomic mass is 16.6. The molecule has 11 N–H and O–H groups in total. The summed E-state index contributed by atoms with van der Waals surface area (Å²) in [5.41, 5.74) is -2.39. The largest absolute Gasteiger partial charge is 0.508 e. The average Bonchev–Trinajstić information content (AvgIpc) is 2.96. The van der Waals surface area contributed by atoms with Gasteiger partial charge < -0.3 is 70.1 Å². The van der Waals surface area contributed by atoms with Crippen LogP contribution in [-0.2, 0) is 9.47 Å². The Labute approximate surface area is 235 Å². The summed E-state index contributed by atoms with van der Waals surface area (Å²) in [5, 5.41) is 113. The molecule has 15 nitrogen and oxygen atoms in total. The third-order valence-corrected chi connectivity index (χ3v) is 7.69. The van der Waals surface area contributed by atoms with Crippen molar-refractivity contribution in [2.75, 3.05) is 13.2 Å². The van der Waals surface area contributed by atoms with Gasteiger partial charge in [0.05, 0.1) is 24.3 Å². The third-order valence-electron chi connectivity index (χ3n) is 7.69. The topological polar surface area (TPSA) is 271 Å². The van der Waals surface area contributed by atoms with E-state index in [-0.39, 0.29) is 17.1 Å². The number of phenolic OH excluding ortho intramolecular Hbond substituents is 3. The second-order valence-electron chi connectivity index (χ2n) is 10.3. The summed E-state index contributed by atoms with van der Waals surface area (Å²) in [6.07, 6.45) is -17.5. The number of fused-ring (bicyclic) bond motifs is 1. The van der Waals surface area contributed by atoms with Crippen LogP contribution in [0.3, 0.4) is 0 Å². The van der Waals surface area contributed by atoms with Crippen molar-refractivity contribution in [3.8, 4) is 28.6 Å². The molecule has 0 aliphatic carbocycles. The number of phenols is 3. The highest BCUT2D eigenvalue weighted by Gasteiger charge is 2.48. The van der Waals surface area contributed by atoms with Gasteiger partial charge in [-0.2, -0.15) is 0 Å². The molecule has 0 saturated carbocycles. The van der Waals surface area contributed by atoms with Crippen molar-refractivity contribution in [2.45, 2.75) is 61.0 Å². The molecule has 228 valence electrons. The molecule has 0 spiro atoms. The number of hydrogen-bond acceptors (Lipinski definition) is 15. The lowest BCUT2D eigenvalue weighted by Crippen LogP contribution is -2.56. The minimum Gasteiger partial charge on any atom is -0.508 e. The first-order valence-electron chi connectivity index (χ1n) is 12.9. The fourth-order valence-corrected chi connectivity index (χ4v) is 5.40. The summed E-state index contributed by atoms with van der Waals surface area (Å²) in [4.78, 5) is 14.1. The van der Waals surface area contributed by atoms with E-state index in [1.54, 1.807) is 0 Å². The molecule has 0 bridgehead atoms. The molecule has 3 aromatic rings. The van der Waals surface area contributed by atoms with Crippen LogP contribution in [0.4, 0.5) is 0 Å². The molecule has 0 unspecified atom stereocenters. The monoisotopic (exact) mass is 594 g/mol. The maximum atomic E-state index is 14.1. The average molecular weight is 595 g/mol. The van der Waals surface area contributed by atoms with Gasteiger partial charge in [0.1, 0.15) is 95.0 Å². The Morgan fingerprint density at radius 3 is 1.67 bits per heavy atom. The van der Waals surface area contributed by atoms with Crippen LogP contribution in [0.25, 0.3) is 22.3 Å². The van der Waals surface area contributed by atoms with E-state index in [4.69, 9.17) is 13.9 Å². The zero-order chi connectivity index (χ0) is 30.6. The number of aromatic hydroxyl groups is 3. The van der Waals surface area contributed by atoms with Crippen molar-refractivity contribution in [2.24, 2.45) is 0 Å². The minimum atomic E-state index is -1.94. The first-order valence-corrected chi connectivity index (χ1v) is 12.9. The molecule has 15 heteroatoms. The molecule has 2 aliphatic heterocycles. The number of aliphatic hydroxyl groups excluding tert-OH is 8. The molecular weight excluding hydrogens is 564 g/mol. The van der Waals surface area contributed by atoms with Gasteiger partial charge in [-0.25, -0.2) is 0 Å². The Kier molecular flexibility index (Phi) is 8.16. The van der Waals surface area contributed by atoms with Crippen molar-refractivity contribution in [1.82, 2.24) is 0 Å². The van der Waals surface area contributed by atoms with Crippen LogP contribution in [0.15, 0.2) is 39.5 Å². The molecule has 3 heterocycles. The van der Waals surface area contributed by atoms with Crippen molar-refractivity contribution in [3.63, 3.8) is 0 Å². The summed E-state index contributed by atoms with van der Waals surface area (Å²) >= 11 is 0. The van der Waals surface area contributed by atoms with E-state index in [0.717, 1.165) is 6.07 Å². The van der Waals surface area contributed by atoms with E-state index in [1.165, 1.54) is 24.3 Å². The van der Waals surface area contributed by atoms with E-state index >= 15 is 0 Å². The van der Waals surface area contributed by atoms with Gasteiger partial charge in [0.15, 0.2) is 0 Å². The molecule has 2 aromatic carbocycles. The Hall–Kier alpha value is -3.35. The summed E-state index contributed by atoms with van der Waals surface area (Å²) in [7, 11) is 0. The lowest BCUT2D eigenvalue weighted by Gasteiger charge is -2.40. The van der Waals surface area contributed by atoms with Crippen LogP contribution in [0.1, 0.15) is 23.3 Å². The zero-order valence-corrected chi connectivity index (χ0v) is 21.6. The number of aliphatic hydroxyl groups is 8. The standard InChI is InChI=1S/C27H30O15/c28-6-12-17(32)21(36)23(38)26(41-12)14-10(31)5-11-15(19(14)34)20(35)16(25(40-11)8-1-3-9(30)4-2-8)27-24(39)22(37)18(33)13(7-29)42-27/h1-5,12-13,17-18,21-24,26-34,36-39H,6-7H2/t12-,13-,17-,18-,21+,22+,23-,24-,26+,27+/m1/s1. The van der Waals surface area contributed by atoms with Crippen LogP contribution in [-0.4, -0.2) is 118 Å².